The number of aromatic carboxylic acids is 1. The van der Waals surface area contributed by atoms with E-state index in [1.165, 1.54) is 6.07 Å². The fourth-order valence-electron chi connectivity index (χ4n) is 5.93. The third-order valence-corrected chi connectivity index (χ3v) is 8.68. The molecule has 0 radical (unpaired) electrons. The predicted molar refractivity (Wildman–Crippen MR) is 157 cm³/mol. The van der Waals surface area contributed by atoms with Gasteiger partial charge in [0.15, 0.2) is 0 Å². The largest absolute Gasteiger partial charge is 0.478 e. The molecule has 1 saturated heterocycles. The van der Waals surface area contributed by atoms with Crippen LogP contribution in [0.15, 0.2) is 54.6 Å². The zero-order chi connectivity index (χ0) is 29.2. The van der Waals surface area contributed by atoms with E-state index in [9.17, 15) is 14.3 Å². The zero-order valence-corrected chi connectivity index (χ0v) is 24.3. The van der Waals surface area contributed by atoms with Gasteiger partial charge in [-0.25, -0.2) is 19.2 Å². The van der Waals surface area contributed by atoms with E-state index >= 15 is 0 Å². The Hall–Kier alpha value is -3.53. The fraction of sp³-hybridized carbons (Fsp3) is 0.406. The quantitative estimate of drug-likeness (QED) is 0.223. The molecule has 0 bridgehead atoms. The van der Waals surface area contributed by atoms with Crippen molar-refractivity contribution in [1.82, 2.24) is 19.4 Å². The monoisotopic (exact) mass is 592 g/mol. The van der Waals surface area contributed by atoms with Crippen LogP contribution >= 0.6 is 11.6 Å². The summed E-state index contributed by atoms with van der Waals surface area (Å²) < 4.78 is 27.5. The van der Waals surface area contributed by atoms with Crippen molar-refractivity contribution in [2.24, 2.45) is 11.8 Å². The predicted octanol–water partition coefficient (Wildman–Crippen LogP) is 6.16. The van der Waals surface area contributed by atoms with Crippen molar-refractivity contribution in [2.75, 3.05) is 26.8 Å². The Balaban J connectivity index is 1.11. The number of halogens is 2. The molecule has 1 aliphatic carbocycles. The molecule has 4 aromatic rings. The number of benzene rings is 2. The van der Waals surface area contributed by atoms with Crippen LogP contribution < -0.4 is 4.74 Å². The molecule has 2 aromatic carbocycles. The second-order valence-electron chi connectivity index (χ2n) is 11.3. The van der Waals surface area contributed by atoms with Gasteiger partial charge in [0.1, 0.15) is 18.2 Å². The van der Waals surface area contributed by atoms with Crippen LogP contribution in [0.5, 0.6) is 5.88 Å². The number of fused-ring (bicyclic) bond motifs is 1. The first-order valence-electron chi connectivity index (χ1n) is 14.4. The Bertz CT molecular complexity index is 1590. The van der Waals surface area contributed by atoms with Crippen molar-refractivity contribution in [1.29, 1.82) is 0 Å². The highest BCUT2D eigenvalue weighted by Gasteiger charge is 2.38. The van der Waals surface area contributed by atoms with Gasteiger partial charge in [0.25, 0.3) is 0 Å². The number of imidazole rings is 1. The molecule has 220 valence electrons. The van der Waals surface area contributed by atoms with E-state index in [0.29, 0.717) is 40.8 Å². The summed E-state index contributed by atoms with van der Waals surface area (Å²) in [6.07, 6.45) is 3.01. The summed E-state index contributed by atoms with van der Waals surface area (Å²) in [5.74, 6) is 1.47. The van der Waals surface area contributed by atoms with Crippen molar-refractivity contribution >= 4 is 28.6 Å². The van der Waals surface area contributed by atoms with Gasteiger partial charge in [0.2, 0.25) is 5.88 Å². The van der Waals surface area contributed by atoms with Crippen LogP contribution in [0.3, 0.4) is 0 Å². The number of nitrogens with zero attached hydrogens (tertiary/aromatic N) is 4. The maximum absolute atomic E-state index is 14.1. The Morgan fingerprint density at radius 1 is 1.10 bits per heavy atom. The molecule has 1 N–H and O–H groups in total. The van der Waals surface area contributed by atoms with Crippen molar-refractivity contribution in [3.05, 3.63) is 88.1 Å². The number of carboxylic acids is 1. The number of likely N-dealkylation sites (tertiary alicyclic amines) is 1. The van der Waals surface area contributed by atoms with E-state index in [4.69, 9.17) is 31.0 Å². The van der Waals surface area contributed by atoms with E-state index in [1.54, 1.807) is 37.4 Å². The molecule has 0 spiro atoms. The van der Waals surface area contributed by atoms with Crippen LogP contribution in [0.25, 0.3) is 11.0 Å². The second kappa shape index (κ2) is 12.4. The van der Waals surface area contributed by atoms with Gasteiger partial charge in [-0.05, 0) is 80.6 Å². The minimum Gasteiger partial charge on any atom is -0.478 e. The number of methoxy groups -OCH3 is 1. The van der Waals surface area contributed by atoms with Crippen LogP contribution in [0.2, 0.25) is 5.02 Å². The van der Waals surface area contributed by atoms with Crippen molar-refractivity contribution in [3.63, 3.8) is 0 Å². The Kier molecular flexibility index (Phi) is 8.42. The molecule has 2 aromatic heterocycles. The van der Waals surface area contributed by atoms with Crippen molar-refractivity contribution in [2.45, 2.75) is 44.9 Å². The first-order valence-corrected chi connectivity index (χ1v) is 14.7. The minimum atomic E-state index is -0.933. The maximum atomic E-state index is 14.1. The Morgan fingerprint density at radius 3 is 2.69 bits per heavy atom. The summed E-state index contributed by atoms with van der Waals surface area (Å²) in [6.45, 7) is 4.14. The van der Waals surface area contributed by atoms with Gasteiger partial charge in [-0.15, -0.1) is 0 Å². The lowest BCUT2D eigenvalue weighted by atomic mass is 9.93. The number of hydrogen-bond acceptors (Lipinski definition) is 6. The molecular weight excluding hydrogens is 559 g/mol. The number of hydrogen-bond donors (Lipinski definition) is 1. The highest BCUT2D eigenvalue weighted by molar-refractivity contribution is 6.30. The van der Waals surface area contributed by atoms with Gasteiger partial charge in [-0.3, -0.25) is 4.90 Å². The lowest BCUT2D eigenvalue weighted by Crippen LogP contribution is -2.33. The number of ether oxygens (including phenoxy) is 2. The highest BCUT2D eigenvalue weighted by atomic mass is 35.5. The van der Waals surface area contributed by atoms with Gasteiger partial charge in [0, 0.05) is 48.5 Å². The third-order valence-electron chi connectivity index (χ3n) is 8.45. The summed E-state index contributed by atoms with van der Waals surface area (Å²) in [4.78, 5) is 23.7. The summed E-state index contributed by atoms with van der Waals surface area (Å²) in [6, 6.07) is 15.5. The fourth-order valence-corrected chi connectivity index (χ4v) is 6.09. The Labute approximate surface area is 249 Å². The van der Waals surface area contributed by atoms with Gasteiger partial charge in [-0.2, -0.15) is 0 Å². The molecule has 0 amide bonds. The van der Waals surface area contributed by atoms with Crippen LogP contribution in [0, 0.1) is 17.7 Å². The van der Waals surface area contributed by atoms with Crippen LogP contribution in [-0.2, 0) is 24.4 Å². The molecule has 42 heavy (non-hydrogen) atoms. The van der Waals surface area contributed by atoms with Crippen molar-refractivity contribution < 1.29 is 23.8 Å². The molecule has 6 rings (SSSR count). The van der Waals surface area contributed by atoms with Crippen molar-refractivity contribution in [3.8, 4) is 5.88 Å². The molecule has 1 aliphatic heterocycles. The first-order chi connectivity index (χ1) is 20.4. The summed E-state index contributed by atoms with van der Waals surface area (Å²) in [5.41, 5.74) is 3.39. The average Bonchev–Trinajstić information content (AvgIpc) is 3.64. The van der Waals surface area contributed by atoms with E-state index < -0.39 is 11.8 Å². The molecule has 2 aliphatic rings. The average molecular weight is 593 g/mol. The van der Waals surface area contributed by atoms with Gasteiger partial charge in [-0.1, -0.05) is 23.7 Å². The molecule has 8 nitrogen and oxygen atoms in total. The standard InChI is InChI=1S/C32H34ClFN4O4/c1-41-18-24-13-23(24)16-38-29-14-21(32(39)40)6-8-28(29)35-30(38)17-37-11-9-20(10-12-37)27-3-2-4-31(36-27)42-19-22-5-7-25(33)15-26(22)34/h2-8,14-15,20,23-24H,9-13,16-19H2,1H3,(H,39,40)/t23-,24-/m0/s1. The van der Waals surface area contributed by atoms with Gasteiger partial charge >= 0.3 is 5.97 Å². The number of rotatable bonds is 11. The van der Waals surface area contributed by atoms with Crippen LogP contribution in [-0.4, -0.2) is 57.3 Å². The number of pyridine rings is 1. The number of carbonyl (C=O) groups is 1. The van der Waals surface area contributed by atoms with Crippen LogP contribution in [0.4, 0.5) is 4.39 Å². The van der Waals surface area contributed by atoms with E-state index in [2.05, 4.69) is 9.47 Å². The first kappa shape index (κ1) is 28.6. The molecule has 1 saturated carbocycles. The lowest BCUT2D eigenvalue weighted by molar-refractivity contribution is 0.0697. The van der Waals surface area contributed by atoms with E-state index in [0.717, 1.165) is 68.1 Å². The highest BCUT2D eigenvalue weighted by Crippen LogP contribution is 2.41. The second-order valence-corrected chi connectivity index (χ2v) is 11.8. The number of carboxylic acid groups (broad SMARTS) is 1. The SMILES string of the molecule is COC[C@@H]1C[C@H]1Cn1c(CN2CCC(c3cccc(OCc4ccc(Cl)cc4F)n3)CC2)nc2ccc(C(=O)O)cc21. The van der Waals surface area contributed by atoms with E-state index in [1.807, 2.05) is 18.2 Å². The van der Waals surface area contributed by atoms with Gasteiger partial charge < -0.3 is 19.1 Å². The zero-order valence-electron chi connectivity index (χ0n) is 23.5. The van der Waals surface area contributed by atoms with Gasteiger partial charge in [0.05, 0.1) is 23.1 Å². The van der Waals surface area contributed by atoms with E-state index in [-0.39, 0.29) is 12.2 Å². The molecule has 3 heterocycles. The Morgan fingerprint density at radius 2 is 1.93 bits per heavy atom. The number of aromatic nitrogens is 3. The molecule has 10 heteroatoms. The topological polar surface area (TPSA) is 89.7 Å². The third kappa shape index (κ3) is 6.43. The summed E-state index contributed by atoms with van der Waals surface area (Å²) >= 11 is 5.85. The smallest absolute Gasteiger partial charge is 0.335 e. The van der Waals surface area contributed by atoms with Crippen LogP contribution in [0.1, 0.15) is 52.6 Å². The lowest BCUT2D eigenvalue weighted by Gasteiger charge is -2.31. The summed E-state index contributed by atoms with van der Waals surface area (Å²) in [7, 11) is 1.73. The molecule has 0 unspecified atom stereocenters. The maximum Gasteiger partial charge on any atom is 0.335 e. The minimum absolute atomic E-state index is 0.0833. The normalized spacial score (nSPS) is 19.3. The molecular formula is C32H34ClFN4O4. The molecule has 2 atom stereocenters. The number of piperidine rings is 1. The molecule has 2 fully saturated rings. The summed E-state index contributed by atoms with van der Waals surface area (Å²) in [5, 5.41) is 9.91.